The molecule has 2 nitrogen and oxygen atoms in total. The van der Waals surface area contributed by atoms with Crippen molar-refractivity contribution in [3.63, 3.8) is 0 Å². The van der Waals surface area contributed by atoms with Crippen LogP contribution in [0.5, 0.6) is 0 Å². The van der Waals surface area contributed by atoms with Crippen LogP contribution in [-0.4, -0.2) is 11.6 Å². The van der Waals surface area contributed by atoms with Crippen LogP contribution in [-0.2, 0) is 0 Å². The molecule has 0 bridgehead atoms. The van der Waals surface area contributed by atoms with E-state index in [4.69, 9.17) is 0 Å². The van der Waals surface area contributed by atoms with Gasteiger partial charge in [0.2, 0.25) is 0 Å². The summed E-state index contributed by atoms with van der Waals surface area (Å²) in [6.45, 7) is 3.58. The van der Waals surface area contributed by atoms with E-state index >= 15 is 0 Å². The summed E-state index contributed by atoms with van der Waals surface area (Å²) in [7, 11) is 0. The number of ketones is 2. The molecule has 0 unspecified atom stereocenters. The van der Waals surface area contributed by atoms with E-state index in [-0.39, 0.29) is 11.6 Å². The van der Waals surface area contributed by atoms with Crippen LogP contribution in [0, 0.1) is 0 Å². The summed E-state index contributed by atoms with van der Waals surface area (Å²) in [6, 6.07) is 18.6. The fourth-order valence-electron chi connectivity index (χ4n) is 1.67. The highest BCUT2D eigenvalue weighted by Crippen LogP contribution is 2.03. The first kappa shape index (κ1) is 15.8. The predicted molar refractivity (Wildman–Crippen MR) is 82.1 cm³/mol. The van der Waals surface area contributed by atoms with Crippen molar-refractivity contribution in [2.75, 3.05) is 0 Å². The minimum absolute atomic E-state index is 0.121. The largest absolute Gasteiger partial charge is 0.295 e. The lowest BCUT2D eigenvalue weighted by Crippen LogP contribution is -1.96. The lowest BCUT2D eigenvalue weighted by atomic mass is 10.1. The minimum Gasteiger partial charge on any atom is -0.295 e. The number of benzene rings is 2. The molecule has 0 N–H and O–H groups in total. The number of carbonyl (C=O) groups is 2. The molecule has 2 aromatic carbocycles. The van der Waals surface area contributed by atoms with E-state index in [1.165, 1.54) is 0 Å². The van der Waals surface area contributed by atoms with Crippen molar-refractivity contribution < 1.29 is 9.59 Å². The van der Waals surface area contributed by atoms with Gasteiger partial charge in [0.25, 0.3) is 0 Å². The first-order valence-corrected chi connectivity index (χ1v) is 6.79. The zero-order chi connectivity index (χ0) is 14.8. The number of hydrogen-bond donors (Lipinski definition) is 0. The van der Waals surface area contributed by atoms with Crippen molar-refractivity contribution in [3.8, 4) is 0 Å². The zero-order valence-electron chi connectivity index (χ0n) is 12.0. The van der Waals surface area contributed by atoms with Crippen LogP contribution < -0.4 is 0 Å². The summed E-state index contributed by atoms with van der Waals surface area (Å²) < 4.78 is 0. The van der Waals surface area contributed by atoms with Gasteiger partial charge in [0.1, 0.15) is 0 Å². The van der Waals surface area contributed by atoms with E-state index in [0.29, 0.717) is 6.42 Å². The lowest BCUT2D eigenvalue weighted by molar-refractivity contribution is 0.0979. The summed E-state index contributed by atoms with van der Waals surface area (Å²) in [5.74, 6) is 0.365. The predicted octanol–water partition coefficient (Wildman–Crippen LogP) is 4.56. The molecule has 104 valence electrons. The third-order valence-corrected chi connectivity index (χ3v) is 2.75. The first-order valence-electron chi connectivity index (χ1n) is 6.79. The molecule has 2 aromatic rings. The Balaban J connectivity index is 0.000000204. The number of Topliss-reactive ketones (excluding diaryl/α,β-unsaturated/α-hetero) is 2. The Morgan fingerprint density at radius 1 is 0.800 bits per heavy atom. The molecule has 0 aliphatic rings. The van der Waals surface area contributed by atoms with Gasteiger partial charge in [-0.1, -0.05) is 67.6 Å². The molecular formula is C18H20O2. The van der Waals surface area contributed by atoms with Gasteiger partial charge in [0, 0.05) is 17.5 Å². The molecule has 20 heavy (non-hydrogen) atoms. The van der Waals surface area contributed by atoms with Gasteiger partial charge in [-0.25, -0.2) is 0 Å². The molecule has 0 saturated carbocycles. The van der Waals surface area contributed by atoms with Crippen LogP contribution in [0.25, 0.3) is 0 Å². The molecule has 0 heterocycles. The summed E-state index contributed by atoms with van der Waals surface area (Å²) >= 11 is 0. The van der Waals surface area contributed by atoms with E-state index < -0.39 is 0 Å². The van der Waals surface area contributed by atoms with Crippen molar-refractivity contribution in [2.24, 2.45) is 0 Å². The van der Waals surface area contributed by atoms with Crippen molar-refractivity contribution in [2.45, 2.75) is 26.7 Å². The molecule has 2 heteroatoms. The molecule has 0 atom stereocenters. The third-order valence-electron chi connectivity index (χ3n) is 2.75. The number of hydrogen-bond acceptors (Lipinski definition) is 2. The Hall–Kier alpha value is -2.22. The van der Waals surface area contributed by atoms with Gasteiger partial charge >= 0.3 is 0 Å². The second-order valence-corrected chi connectivity index (χ2v) is 4.46. The van der Waals surface area contributed by atoms with Gasteiger partial charge in [-0.2, -0.15) is 0 Å². The Morgan fingerprint density at radius 2 is 1.25 bits per heavy atom. The van der Waals surface area contributed by atoms with Gasteiger partial charge in [-0.15, -0.1) is 0 Å². The first-order chi connectivity index (χ1) is 9.65. The van der Waals surface area contributed by atoms with Crippen LogP contribution >= 0.6 is 0 Å². The molecule has 0 spiro atoms. The Bertz CT molecular complexity index is 530. The normalized spacial score (nSPS) is 9.30. The van der Waals surface area contributed by atoms with Crippen LogP contribution in [0.2, 0.25) is 0 Å². The summed E-state index contributed by atoms with van der Waals surface area (Å²) in [4.78, 5) is 21.9. The lowest BCUT2D eigenvalue weighted by Gasteiger charge is -1.96. The molecular weight excluding hydrogens is 248 g/mol. The summed E-state index contributed by atoms with van der Waals surface area (Å²) in [5, 5.41) is 0. The van der Waals surface area contributed by atoms with Crippen LogP contribution in [0.3, 0.4) is 0 Å². The SMILES string of the molecule is CC(=O)c1ccccc1.CCCC(=O)c1ccccc1. The van der Waals surface area contributed by atoms with Crippen LogP contribution in [0.4, 0.5) is 0 Å². The van der Waals surface area contributed by atoms with Crippen molar-refractivity contribution in [3.05, 3.63) is 71.8 Å². The molecule has 0 aliphatic heterocycles. The maximum Gasteiger partial charge on any atom is 0.162 e. The molecule has 0 fully saturated rings. The van der Waals surface area contributed by atoms with E-state index in [1.807, 2.05) is 67.6 Å². The summed E-state index contributed by atoms with van der Waals surface area (Å²) in [6.07, 6.45) is 1.58. The van der Waals surface area contributed by atoms with Crippen molar-refractivity contribution in [1.29, 1.82) is 0 Å². The Labute approximate surface area is 120 Å². The van der Waals surface area contributed by atoms with E-state index in [2.05, 4.69) is 0 Å². The molecule has 0 aromatic heterocycles. The van der Waals surface area contributed by atoms with Crippen LogP contribution in [0.15, 0.2) is 60.7 Å². The van der Waals surface area contributed by atoms with Crippen LogP contribution in [0.1, 0.15) is 47.4 Å². The summed E-state index contributed by atoms with van der Waals surface area (Å²) in [5.41, 5.74) is 1.60. The van der Waals surface area contributed by atoms with E-state index in [1.54, 1.807) is 6.92 Å². The average Bonchev–Trinajstić information content (AvgIpc) is 2.50. The zero-order valence-corrected chi connectivity index (χ0v) is 12.0. The van der Waals surface area contributed by atoms with Gasteiger partial charge in [0.05, 0.1) is 0 Å². The van der Waals surface area contributed by atoms with E-state index in [0.717, 1.165) is 17.5 Å². The van der Waals surface area contributed by atoms with Gasteiger partial charge in [0.15, 0.2) is 11.6 Å². The van der Waals surface area contributed by atoms with Gasteiger partial charge in [-0.05, 0) is 13.3 Å². The number of rotatable bonds is 4. The molecule has 0 aliphatic carbocycles. The molecule has 0 radical (unpaired) electrons. The monoisotopic (exact) mass is 268 g/mol. The molecule has 2 rings (SSSR count). The Kier molecular flexibility index (Phi) is 6.97. The highest BCUT2D eigenvalue weighted by molar-refractivity contribution is 5.95. The van der Waals surface area contributed by atoms with Gasteiger partial charge in [-0.3, -0.25) is 9.59 Å². The van der Waals surface area contributed by atoms with Gasteiger partial charge < -0.3 is 0 Å². The maximum atomic E-state index is 11.2. The molecule has 0 saturated heterocycles. The second-order valence-electron chi connectivity index (χ2n) is 4.46. The quantitative estimate of drug-likeness (QED) is 0.762. The maximum absolute atomic E-state index is 11.2. The smallest absolute Gasteiger partial charge is 0.162 e. The standard InChI is InChI=1S/C10H12O.C8H8O/c1-2-6-10(11)9-7-4-3-5-8-9;1-7(9)8-5-3-2-4-6-8/h3-5,7-8H,2,6H2,1H3;2-6H,1H3. The second kappa shape index (κ2) is 8.81. The fourth-order valence-corrected chi connectivity index (χ4v) is 1.67. The highest BCUT2D eigenvalue weighted by Gasteiger charge is 2.01. The van der Waals surface area contributed by atoms with E-state index in [9.17, 15) is 9.59 Å². The molecule has 0 amide bonds. The fraction of sp³-hybridized carbons (Fsp3) is 0.222. The topological polar surface area (TPSA) is 34.1 Å². The Morgan fingerprint density at radius 3 is 1.60 bits per heavy atom. The number of carbonyl (C=O) groups excluding carboxylic acids is 2. The average molecular weight is 268 g/mol. The minimum atomic E-state index is 0.121. The highest BCUT2D eigenvalue weighted by atomic mass is 16.1. The van der Waals surface area contributed by atoms with Crippen molar-refractivity contribution in [1.82, 2.24) is 0 Å². The third kappa shape index (κ3) is 5.61. The van der Waals surface area contributed by atoms with Crippen molar-refractivity contribution >= 4 is 11.6 Å².